The summed E-state index contributed by atoms with van der Waals surface area (Å²) in [6, 6.07) is 17.4. The summed E-state index contributed by atoms with van der Waals surface area (Å²) in [6.07, 6.45) is -2.36. The van der Waals surface area contributed by atoms with Gasteiger partial charge >= 0.3 is 6.18 Å². The summed E-state index contributed by atoms with van der Waals surface area (Å²) in [5.74, 6) is 0.710. The SMILES string of the molecule is CCC1NC(=NC2N=C(c3ccccc3C(F)(F)F)Cc3ncccc32)c2ccccc21. The number of nitrogens with zero attached hydrogens (tertiary/aromatic N) is 3. The maximum Gasteiger partial charge on any atom is 0.417 e. The van der Waals surface area contributed by atoms with E-state index >= 15 is 0 Å². The van der Waals surface area contributed by atoms with Crippen LogP contribution in [0, 0.1) is 0 Å². The number of aliphatic imine (C=N–C) groups is 2. The van der Waals surface area contributed by atoms with Gasteiger partial charge in [-0.1, -0.05) is 55.5 Å². The quantitative estimate of drug-likeness (QED) is 0.580. The third-order valence-corrected chi connectivity index (χ3v) is 5.92. The highest BCUT2D eigenvalue weighted by molar-refractivity contribution is 6.05. The van der Waals surface area contributed by atoms with E-state index in [0.29, 0.717) is 17.2 Å². The fourth-order valence-electron chi connectivity index (χ4n) is 4.39. The van der Waals surface area contributed by atoms with Crippen LogP contribution in [0.3, 0.4) is 0 Å². The lowest BCUT2D eigenvalue weighted by atomic mass is 9.94. The van der Waals surface area contributed by atoms with Gasteiger partial charge in [-0.2, -0.15) is 13.2 Å². The van der Waals surface area contributed by atoms with Crippen molar-refractivity contribution in [3.63, 3.8) is 0 Å². The first-order chi connectivity index (χ1) is 15.5. The predicted molar refractivity (Wildman–Crippen MR) is 118 cm³/mol. The van der Waals surface area contributed by atoms with Crippen LogP contribution in [0.2, 0.25) is 0 Å². The van der Waals surface area contributed by atoms with Gasteiger partial charge in [0, 0.05) is 29.3 Å². The van der Waals surface area contributed by atoms with Crippen molar-refractivity contribution in [2.24, 2.45) is 9.98 Å². The van der Waals surface area contributed by atoms with E-state index in [1.54, 1.807) is 18.3 Å². The lowest BCUT2D eigenvalue weighted by Gasteiger charge is -2.23. The molecule has 2 unspecified atom stereocenters. The van der Waals surface area contributed by atoms with Crippen molar-refractivity contribution in [1.82, 2.24) is 10.3 Å². The highest BCUT2D eigenvalue weighted by atomic mass is 19.4. The molecular weight excluding hydrogens is 413 g/mol. The summed E-state index contributed by atoms with van der Waals surface area (Å²) < 4.78 is 41.0. The fourth-order valence-corrected chi connectivity index (χ4v) is 4.39. The summed E-state index contributed by atoms with van der Waals surface area (Å²) in [6.45, 7) is 2.10. The Morgan fingerprint density at radius 2 is 1.69 bits per heavy atom. The molecule has 3 aromatic rings. The Bertz CT molecular complexity index is 1230. The first-order valence-corrected chi connectivity index (χ1v) is 10.6. The van der Waals surface area contributed by atoms with Crippen LogP contribution in [0.25, 0.3) is 0 Å². The molecule has 3 heterocycles. The van der Waals surface area contributed by atoms with Crippen LogP contribution in [0.15, 0.2) is 76.8 Å². The number of aromatic nitrogens is 1. The van der Waals surface area contributed by atoms with Crippen molar-refractivity contribution < 1.29 is 13.2 Å². The first kappa shape index (κ1) is 20.4. The average molecular weight is 434 g/mol. The number of halogens is 3. The predicted octanol–water partition coefficient (Wildman–Crippen LogP) is 5.65. The van der Waals surface area contributed by atoms with Crippen molar-refractivity contribution >= 4 is 11.5 Å². The minimum absolute atomic E-state index is 0.0766. The van der Waals surface area contributed by atoms with Gasteiger partial charge in [-0.3, -0.25) is 9.98 Å². The van der Waals surface area contributed by atoms with Crippen LogP contribution in [0.5, 0.6) is 0 Å². The molecule has 0 amide bonds. The van der Waals surface area contributed by atoms with Gasteiger partial charge in [-0.25, -0.2) is 4.99 Å². The van der Waals surface area contributed by atoms with Crippen molar-refractivity contribution in [3.8, 4) is 0 Å². The standard InChI is InChI=1S/C25H21F3N4/c1-2-20-15-8-3-4-9-16(15)23(30-20)32-24-18-11-7-13-29-21(18)14-22(31-24)17-10-5-6-12-19(17)25(26,27)28/h3-13,20,24H,2,14H2,1H3,(H,30,32). The maximum absolute atomic E-state index is 13.7. The molecule has 4 nitrogen and oxygen atoms in total. The molecule has 0 spiro atoms. The molecule has 2 aliphatic rings. The normalized spacial score (nSPS) is 21.0. The lowest BCUT2D eigenvalue weighted by molar-refractivity contribution is -0.137. The topological polar surface area (TPSA) is 49.6 Å². The Morgan fingerprint density at radius 3 is 2.47 bits per heavy atom. The summed E-state index contributed by atoms with van der Waals surface area (Å²) >= 11 is 0. The molecule has 0 aliphatic carbocycles. The number of alkyl halides is 3. The molecular formula is C25H21F3N4. The van der Waals surface area contributed by atoms with E-state index in [-0.39, 0.29) is 18.0 Å². The number of rotatable bonds is 3. The van der Waals surface area contributed by atoms with Crippen LogP contribution < -0.4 is 5.32 Å². The zero-order chi connectivity index (χ0) is 22.3. The first-order valence-electron chi connectivity index (χ1n) is 10.6. The smallest absolute Gasteiger partial charge is 0.363 e. The Morgan fingerprint density at radius 1 is 0.969 bits per heavy atom. The zero-order valence-electron chi connectivity index (χ0n) is 17.4. The van der Waals surface area contributed by atoms with Crippen molar-refractivity contribution in [3.05, 3.63) is 100 Å². The lowest BCUT2D eigenvalue weighted by Crippen LogP contribution is -2.24. The van der Waals surface area contributed by atoms with Crippen LogP contribution >= 0.6 is 0 Å². The van der Waals surface area contributed by atoms with E-state index in [4.69, 9.17) is 9.98 Å². The molecule has 2 atom stereocenters. The van der Waals surface area contributed by atoms with E-state index in [9.17, 15) is 13.2 Å². The minimum Gasteiger partial charge on any atom is -0.363 e. The molecule has 7 heteroatoms. The van der Waals surface area contributed by atoms with Crippen molar-refractivity contribution in [2.45, 2.75) is 38.1 Å². The molecule has 0 radical (unpaired) electrons. The van der Waals surface area contributed by atoms with E-state index in [1.165, 1.54) is 17.7 Å². The summed E-state index contributed by atoms with van der Waals surface area (Å²) in [5, 5.41) is 3.45. The van der Waals surface area contributed by atoms with Gasteiger partial charge < -0.3 is 5.32 Å². The second-order valence-electron chi connectivity index (χ2n) is 7.88. The number of benzene rings is 2. The minimum atomic E-state index is -4.47. The molecule has 32 heavy (non-hydrogen) atoms. The Hall–Kier alpha value is -3.48. The molecule has 2 aliphatic heterocycles. The zero-order valence-corrected chi connectivity index (χ0v) is 17.4. The van der Waals surface area contributed by atoms with Crippen molar-refractivity contribution in [1.29, 1.82) is 0 Å². The molecule has 0 fully saturated rings. The van der Waals surface area contributed by atoms with Gasteiger partial charge in [0.05, 0.1) is 23.0 Å². The molecule has 2 aromatic carbocycles. The Labute approximate surface area is 184 Å². The monoisotopic (exact) mass is 434 g/mol. The van der Waals surface area contributed by atoms with E-state index in [2.05, 4.69) is 23.3 Å². The van der Waals surface area contributed by atoms with E-state index in [0.717, 1.165) is 23.6 Å². The molecule has 0 bridgehead atoms. The Kier molecular flexibility index (Phi) is 5.04. The maximum atomic E-state index is 13.7. The molecule has 1 aromatic heterocycles. The number of fused-ring (bicyclic) bond motifs is 2. The third kappa shape index (κ3) is 3.57. The van der Waals surface area contributed by atoms with E-state index < -0.39 is 17.9 Å². The highest BCUT2D eigenvalue weighted by Gasteiger charge is 2.36. The van der Waals surface area contributed by atoms with Gasteiger partial charge in [0.1, 0.15) is 5.84 Å². The summed E-state index contributed by atoms with van der Waals surface area (Å²) in [7, 11) is 0. The van der Waals surface area contributed by atoms with Crippen LogP contribution in [0.1, 0.15) is 59.1 Å². The van der Waals surface area contributed by atoms with Gasteiger partial charge in [0.25, 0.3) is 0 Å². The summed E-state index contributed by atoms with van der Waals surface area (Å²) in [4.78, 5) is 14.0. The molecule has 162 valence electrons. The third-order valence-electron chi connectivity index (χ3n) is 5.92. The van der Waals surface area contributed by atoms with Gasteiger partial charge in [-0.05, 0) is 24.1 Å². The second kappa shape index (κ2) is 7.89. The number of hydrogen-bond donors (Lipinski definition) is 1. The molecule has 0 saturated carbocycles. The largest absolute Gasteiger partial charge is 0.417 e. The molecule has 0 saturated heterocycles. The van der Waals surface area contributed by atoms with Crippen LogP contribution in [0.4, 0.5) is 13.2 Å². The van der Waals surface area contributed by atoms with Crippen LogP contribution in [-0.2, 0) is 12.6 Å². The van der Waals surface area contributed by atoms with Crippen molar-refractivity contribution in [2.75, 3.05) is 0 Å². The Balaban J connectivity index is 1.63. The number of amidine groups is 1. The molecule has 1 N–H and O–H groups in total. The fraction of sp³-hybridized carbons (Fsp3) is 0.240. The van der Waals surface area contributed by atoms with Crippen LogP contribution in [-0.4, -0.2) is 16.5 Å². The van der Waals surface area contributed by atoms with E-state index in [1.807, 2.05) is 24.3 Å². The van der Waals surface area contributed by atoms with Gasteiger partial charge in [-0.15, -0.1) is 0 Å². The number of pyridine rings is 1. The second-order valence-corrected chi connectivity index (χ2v) is 7.88. The van der Waals surface area contributed by atoms with Gasteiger partial charge in [0.2, 0.25) is 0 Å². The molecule has 5 rings (SSSR count). The summed E-state index contributed by atoms with van der Waals surface area (Å²) in [5.41, 5.74) is 3.41. The highest BCUT2D eigenvalue weighted by Crippen LogP contribution is 2.36. The number of nitrogens with one attached hydrogen (secondary N) is 1. The average Bonchev–Trinajstić information content (AvgIpc) is 3.16. The van der Waals surface area contributed by atoms with Gasteiger partial charge in [0.15, 0.2) is 6.17 Å². The number of hydrogen-bond acceptors (Lipinski definition) is 3.